The van der Waals surface area contributed by atoms with Gasteiger partial charge in [-0.25, -0.2) is 0 Å². The van der Waals surface area contributed by atoms with Gasteiger partial charge in [-0.15, -0.1) is 0 Å². The molecule has 2 rings (SSSR count). The summed E-state index contributed by atoms with van der Waals surface area (Å²) in [7, 11) is 0. The molecule has 0 radical (unpaired) electrons. The summed E-state index contributed by atoms with van der Waals surface area (Å²) in [4.78, 5) is 0. The van der Waals surface area contributed by atoms with Crippen LogP contribution in [-0.2, 0) is 0 Å². The van der Waals surface area contributed by atoms with Crippen LogP contribution in [0, 0.1) is 0 Å². The van der Waals surface area contributed by atoms with Crippen LogP contribution in [0.2, 0.25) is 0 Å². The van der Waals surface area contributed by atoms with Crippen molar-refractivity contribution >= 4 is 0 Å². The maximum Gasteiger partial charge on any atom is 0.0672 e. The molecule has 1 aliphatic carbocycles. The quantitative estimate of drug-likeness (QED) is 0.782. The third-order valence-corrected chi connectivity index (χ3v) is 3.72. The number of nitrogens with one attached hydrogen (secondary N) is 1. The van der Waals surface area contributed by atoms with E-state index >= 15 is 0 Å². The lowest BCUT2D eigenvalue weighted by Crippen LogP contribution is -2.41. The molecule has 1 saturated heterocycles. The molecule has 0 atom stereocenters. The summed E-state index contributed by atoms with van der Waals surface area (Å²) in [6.45, 7) is 1.92. The first-order valence-electron chi connectivity index (χ1n) is 6.74. The first kappa shape index (κ1) is 12.6. The predicted molar refractivity (Wildman–Crippen MR) is 71.9 cm³/mol. The molecule has 0 unspecified atom stereocenters. The molecular weight excluding hydrogens is 210 g/mol. The average Bonchev–Trinajstić information content (AvgIpc) is 2.58. The number of hydrogen-bond donors (Lipinski definition) is 2. The Morgan fingerprint density at radius 3 is 2.88 bits per heavy atom. The second-order valence-corrected chi connectivity index (χ2v) is 5.13. The van der Waals surface area contributed by atoms with E-state index in [9.17, 15) is 5.11 Å². The van der Waals surface area contributed by atoms with E-state index in [1.165, 1.54) is 5.57 Å². The summed E-state index contributed by atoms with van der Waals surface area (Å²) in [6, 6.07) is 0. The summed E-state index contributed by atoms with van der Waals surface area (Å²) >= 11 is 0. The van der Waals surface area contributed by atoms with Crippen molar-refractivity contribution in [3.63, 3.8) is 0 Å². The Morgan fingerprint density at radius 2 is 2.06 bits per heavy atom. The highest BCUT2D eigenvalue weighted by atomic mass is 16.3. The Balaban J connectivity index is 1.73. The molecule has 2 N–H and O–H groups in total. The molecule has 0 aromatic rings. The second kappa shape index (κ2) is 6.18. The Bertz CT molecular complexity index is 322. The van der Waals surface area contributed by atoms with Gasteiger partial charge in [0.1, 0.15) is 0 Å². The molecule has 94 valence electrons. The minimum Gasteiger partial charge on any atom is -0.390 e. The minimum absolute atomic E-state index is 0.404. The third-order valence-electron chi connectivity index (χ3n) is 3.72. The largest absolute Gasteiger partial charge is 0.390 e. The topological polar surface area (TPSA) is 32.3 Å². The molecule has 1 aliphatic heterocycles. The molecule has 0 bridgehead atoms. The maximum absolute atomic E-state index is 10.4. The molecule has 2 aliphatic rings. The SMILES string of the molecule is OC1(CCCC2=CCC=CC=C2)CCNCC1. The zero-order valence-electron chi connectivity index (χ0n) is 10.5. The fourth-order valence-corrected chi connectivity index (χ4v) is 2.57. The van der Waals surface area contributed by atoms with Crippen molar-refractivity contribution in [3.05, 3.63) is 36.0 Å². The molecule has 0 spiro atoms. The van der Waals surface area contributed by atoms with Crippen molar-refractivity contribution in [2.24, 2.45) is 0 Å². The summed E-state index contributed by atoms with van der Waals surface area (Å²) in [5, 5.41) is 13.7. The van der Waals surface area contributed by atoms with Crippen LogP contribution in [0.4, 0.5) is 0 Å². The van der Waals surface area contributed by atoms with Gasteiger partial charge in [-0.1, -0.05) is 36.0 Å². The fourth-order valence-electron chi connectivity index (χ4n) is 2.57. The van der Waals surface area contributed by atoms with E-state index in [0.717, 1.165) is 51.6 Å². The van der Waals surface area contributed by atoms with Crippen LogP contribution in [0.25, 0.3) is 0 Å². The van der Waals surface area contributed by atoms with Crippen LogP contribution in [0.5, 0.6) is 0 Å². The first-order valence-corrected chi connectivity index (χ1v) is 6.74. The molecular formula is C15H23NO. The Hall–Kier alpha value is -0.860. The monoisotopic (exact) mass is 233 g/mol. The number of piperidine rings is 1. The molecule has 2 heteroatoms. The van der Waals surface area contributed by atoms with Gasteiger partial charge in [0.25, 0.3) is 0 Å². The number of aliphatic hydroxyl groups is 1. The summed E-state index contributed by atoms with van der Waals surface area (Å²) < 4.78 is 0. The smallest absolute Gasteiger partial charge is 0.0672 e. The van der Waals surface area contributed by atoms with Crippen molar-refractivity contribution in [1.29, 1.82) is 0 Å². The molecule has 1 fully saturated rings. The van der Waals surface area contributed by atoms with Gasteiger partial charge in [-0.05, 0) is 51.6 Å². The van der Waals surface area contributed by atoms with Gasteiger partial charge in [-0.2, -0.15) is 0 Å². The summed E-state index contributed by atoms with van der Waals surface area (Å²) in [5.74, 6) is 0. The Kier molecular flexibility index (Phi) is 4.57. The maximum atomic E-state index is 10.4. The lowest BCUT2D eigenvalue weighted by molar-refractivity contribution is 0.000963. The van der Waals surface area contributed by atoms with E-state index in [0.29, 0.717) is 0 Å². The van der Waals surface area contributed by atoms with Gasteiger partial charge >= 0.3 is 0 Å². The summed E-state index contributed by atoms with van der Waals surface area (Å²) in [6.07, 6.45) is 16.8. The Morgan fingerprint density at radius 1 is 1.24 bits per heavy atom. The zero-order chi connectivity index (χ0) is 12.0. The molecule has 1 heterocycles. The van der Waals surface area contributed by atoms with Crippen LogP contribution in [-0.4, -0.2) is 23.8 Å². The van der Waals surface area contributed by atoms with Gasteiger partial charge in [0.2, 0.25) is 0 Å². The van der Waals surface area contributed by atoms with E-state index in [-0.39, 0.29) is 0 Å². The average molecular weight is 233 g/mol. The third kappa shape index (κ3) is 4.14. The highest BCUT2D eigenvalue weighted by Gasteiger charge is 2.28. The lowest BCUT2D eigenvalue weighted by atomic mass is 9.86. The van der Waals surface area contributed by atoms with Crippen molar-refractivity contribution in [1.82, 2.24) is 5.32 Å². The van der Waals surface area contributed by atoms with Gasteiger partial charge < -0.3 is 10.4 Å². The molecule has 0 amide bonds. The molecule has 0 aromatic heterocycles. The van der Waals surface area contributed by atoms with Gasteiger partial charge in [-0.3, -0.25) is 0 Å². The van der Waals surface area contributed by atoms with Crippen LogP contribution in [0.3, 0.4) is 0 Å². The standard InChI is InChI=1S/C15H23NO/c17-15(10-12-16-13-11-15)9-5-8-14-6-3-1-2-4-7-14/h1-3,6-7,16-17H,4-5,8-13H2. The van der Waals surface area contributed by atoms with Crippen LogP contribution in [0.15, 0.2) is 36.0 Å². The molecule has 0 saturated carbocycles. The highest BCUT2D eigenvalue weighted by molar-refractivity contribution is 5.26. The van der Waals surface area contributed by atoms with Gasteiger partial charge in [0, 0.05) is 0 Å². The summed E-state index contributed by atoms with van der Waals surface area (Å²) in [5.41, 5.74) is 1.01. The zero-order valence-corrected chi connectivity index (χ0v) is 10.5. The molecule has 2 nitrogen and oxygen atoms in total. The number of rotatable bonds is 4. The van der Waals surface area contributed by atoms with Crippen molar-refractivity contribution in [3.8, 4) is 0 Å². The molecule has 0 aromatic carbocycles. The van der Waals surface area contributed by atoms with Gasteiger partial charge in [0.05, 0.1) is 5.60 Å². The highest BCUT2D eigenvalue weighted by Crippen LogP contribution is 2.25. The first-order chi connectivity index (χ1) is 8.29. The number of allylic oxidation sites excluding steroid dienone is 6. The predicted octanol–water partition coefficient (Wildman–Crippen LogP) is 2.71. The van der Waals surface area contributed by atoms with Gasteiger partial charge in [0.15, 0.2) is 0 Å². The minimum atomic E-state index is -0.404. The second-order valence-electron chi connectivity index (χ2n) is 5.13. The van der Waals surface area contributed by atoms with Crippen LogP contribution < -0.4 is 5.32 Å². The lowest BCUT2D eigenvalue weighted by Gasteiger charge is -2.32. The molecule has 17 heavy (non-hydrogen) atoms. The van der Waals surface area contributed by atoms with Crippen molar-refractivity contribution < 1.29 is 5.11 Å². The van der Waals surface area contributed by atoms with E-state index < -0.39 is 5.60 Å². The van der Waals surface area contributed by atoms with E-state index in [4.69, 9.17) is 0 Å². The van der Waals surface area contributed by atoms with Crippen molar-refractivity contribution in [2.75, 3.05) is 13.1 Å². The van der Waals surface area contributed by atoms with Crippen LogP contribution in [0.1, 0.15) is 38.5 Å². The van der Waals surface area contributed by atoms with E-state index in [2.05, 4.69) is 35.7 Å². The Labute approximate surface area is 104 Å². The number of hydrogen-bond acceptors (Lipinski definition) is 2. The van der Waals surface area contributed by atoms with Crippen LogP contribution >= 0.6 is 0 Å². The van der Waals surface area contributed by atoms with E-state index in [1.807, 2.05) is 0 Å². The van der Waals surface area contributed by atoms with E-state index in [1.54, 1.807) is 0 Å². The van der Waals surface area contributed by atoms with Crippen molar-refractivity contribution in [2.45, 2.75) is 44.1 Å². The normalized spacial score (nSPS) is 23.2. The fraction of sp³-hybridized carbons (Fsp3) is 0.600.